The van der Waals surface area contributed by atoms with Crippen LogP contribution < -0.4 is 0 Å². The summed E-state index contributed by atoms with van der Waals surface area (Å²) in [7, 11) is 0. The van der Waals surface area contributed by atoms with E-state index >= 15 is 0 Å². The van der Waals surface area contributed by atoms with Gasteiger partial charge in [-0.15, -0.1) is 0 Å². The van der Waals surface area contributed by atoms with Crippen LogP contribution in [0.4, 0.5) is 0 Å². The molecule has 0 saturated carbocycles. The maximum atomic E-state index is 2.61. The Labute approximate surface area is 110 Å². The fraction of sp³-hybridized carbons (Fsp3) is 0.200. The molecule has 0 unspecified atom stereocenters. The lowest BCUT2D eigenvalue weighted by Gasteiger charge is -2.23. The number of fused-ring (bicyclic) bond motifs is 3. The molecule has 80 valence electrons. The third kappa shape index (κ3) is 1.21. The van der Waals surface area contributed by atoms with Crippen LogP contribution in [0.1, 0.15) is 24.5 Å². The summed E-state index contributed by atoms with van der Waals surface area (Å²) >= 11 is 2.61. The van der Waals surface area contributed by atoms with Gasteiger partial charge in [-0.2, -0.15) is 0 Å². The Morgan fingerprint density at radius 2 is 1.31 bits per heavy atom. The summed E-state index contributed by atoms with van der Waals surface area (Å²) in [5.41, 5.74) is 5.77. The first-order valence-corrected chi connectivity index (χ1v) is 6.73. The van der Waals surface area contributed by atoms with E-state index in [2.05, 4.69) is 78.0 Å². The second-order valence-corrected chi connectivity index (χ2v) is 6.09. The minimum atomic E-state index is 0.172. The highest BCUT2D eigenvalue weighted by Crippen LogP contribution is 2.54. The molecule has 0 aromatic heterocycles. The monoisotopic (exact) mass is 320 g/mol. The van der Waals surface area contributed by atoms with E-state index in [-0.39, 0.29) is 3.42 Å². The molecule has 0 aliphatic heterocycles. The maximum Gasteiger partial charge on any atom is 0.0728 e. The Bertz CT molecular complexity index is 497. The Balaban J connectivity index is 2.39. The molecule has 3 rings (SSSR count). The molecule has 16 heavy (non-hydrogen) atoms. The van der Waals surface area contributed by atoms with Crippen molar-refractivity contribution < 1.29 is 0 Å². The van der Waals surface area contributed by atoms with Crippen LogP contribution in [-0.4, -0.2) is 0 Å². The van der Waals surface area contributed by atoms with Crippen molar-refractivity contribution in [2.75, 3.05) is 0 Å². The van der Waals surface area contributed by atoms with E-state index in [0.717, 1.165) is 6.42 Å². The number of rotatable bonds is 1. The van der Waals surface area contributed by atoms with Gasteiger partial charge in [-0.1, -0.05) is 78.0 Å². The summed E-state index contributed by atoms with van der Waals surface area (Å²) in [6.07, 6.45) is 1.14. The van der Waals surface area contributed by atoms with E-state index in [9.17, 15) is 0 Å². The molecule has 1 aliphatic carbocycles. The molecule has 0 saturated heterocycles. The van der Waals surface area contributed by atoms with E-state index in [1.54, 1.807) is 0 Å². The molecule has 2 aromatic carbocycles. The average Bonchev–Trinajstić information content (AvgIpc) is 2.62. The zero-order valence-electron chi connectivity index (χ0n) is 9.20. The average molecular weight is 320 g/mol. The fourth-order valence-corrected chi connectivity index (χ4v) is 3.59. The first kappa shape index (κ1) is 10.3. The molecule has 0 nitrogen and oxygen atoms in total. The highest BCUT2D eigenvalue weighted by atomic mass is 127. The molecule has 1 heteroatoms. The molecular weight excluding hydrogens is 307 g/mol. The third-order valence-electron chi connectivity index (χ3n) is 3.49. The summed E-state index contributed by atoms with van der Waals surface area (Å²) < 4.78 is 0.172. The lowest BCUT2D eigenvalue weighted by atomic mass is 9.94. The standard InChI is InChI=1S/C15H13I/c1-2-15(16)13-9-5-3-7-11(13)12-8-4-6-10-14(12)15/h3-10H,2H2,1H3. The Morgan fingerprint density at radius 3 is 1.75 bits per heavy atom. The Kier molecular flexibility index (Phi) is 2.32. The predicted molar refractivity (Wildman–Crippen MR) is 77.0 cm³/mol. The van der Waals surface area contributed by atoms with Crippen LogP contribution in [0.15, 0.2) is 48.5 Å². The van der Waals surface area contributed by atoms with Gasteiger partial charge in [0.05, 0.1) is 3.42 Å². The van der Waals surface area contributed by atoms with Crippen molar-refractivity contribution in [3.05, 3.63) is 59.7 Å². The molecule has 0 amide bonds. The highest BCUT2D eigenvalue weighted by molar-refractivity contribution is 14.1. The number of halogens is 1. The minimum Gasteiger partial charge on any atom is -0.0684 e. The minimum absolute atomic E-state index is 0.172. The van der Waals surface area contributed by atoms with Gasteiger partial charge in [0.15, 0.2) is 0 Å². The van der Waals surface area contributed by atoms with Crippen LogP contribution in [0.5, 0.6) is 0 Å². The van der Waals surface area contributed by atoms with Gasteiger partial charge in [0.1, 0.15) is 0 Å². The molecular formula is C15H13I. The lowest BCUT2D eigenvalue weighted by Crippen LogP contribution is -2.14. The topological polar surface area (TPSA) is 0 Å². The van der Waals surface area contributed by atoms with Crippen LogP contribution in [0.3, 0.4) is 0 Å². The van der Waals surface area contributed by atoms with Crippen molar-refractivity contribution in [1.29, 1.82) is 0 Å². The first-order chi connectivity index (χ1) is 7.77. The molecule has 1 aliphatic rings. The van der Waals surface area contributed by atoms with Gasteiger partial charge < -0.3 is 0 Å². The van der Waals surface area contributed by atoms with Gasteiger partial charge in [-0.05, 0) is 28.7 Å². The lowest BCUT2D eigenvalue weighted by molar-refractivity contribution is 0.765. The second-order valence-electron chi connectivity index (χ2n) is 4.25. The highest BCUT2D eigenvalue weighted by Gasteiger charge is 2.38. The Morgan fingerprint density at radius 1 is 0.875 bits per heavy atom. The van der Waals surface area contributed by atoms with Gasteiger partial charge in [0, 0.05) is 0 Å². The summed E-state index contributed by atoms with van der Waals surface area (Å²) in [5.74, 6) is 0. The van der Waals surface area contributed by atoms with E-state index in [4.69, 9.17) is 0 Å². The van der Waals surface area contributed by atoms with Crippen molar-refractivity contribution in [3.63, 3.8) is 0 Å². The maximum absolute atomic E-state index is 2.61. The number of benzene rings is 2. The van der Waals surface area contributed by atoms with Gasteiger partial charge in [-0.3, -0.25) is 0 Å². The van der Waals surface area contributed by atoms with Crippen molar-refractivity contribution in [2.24, 2.45) is 0 Å². The van der Waals surface area contributed by atoms with E-state index in [1.165, 1.54) is 22.3 Å². The summed E-state index contributed by atoms with van der Waals surface area (Å²) in [6.45, 7) is 2.27. The molecule has 0 fully saturated rings. The van der Waals surface area contributed by atoms with Gasteiger partial charge in [-0.25, -0.2) is 0 Å². The van der Waals surface area contributed by atoms with Crippen LogP contribution in [-0.2, 0) is 3.42 Å². The molecule has 0 atom stereocenters. The van der Waals surface area contributed by atoms with Crippen LogP contribution >= 0.6 is 22.6 Å². The van der Waals surface area contributed by atoms with E-state index in [1.807, 2.05) is 0 Å². The van der Waals surface area contributed by atoms with Crippen molar-refractivity contribution >= 4 is 22.6 Å². The normalized spacial score (nSPS) is 15.6. The predicted octanol–water partition coefficient (Wildman–Crippen LogP) is 4.76. The molecule has 2 aromatic rings. The van der Waals surface area contributed by atoms with Gasteiger partial charge in [0.2, 0.25) is 0 Å². The van der Waals surface area contributed by atoms with Gasteiger partial charge in [0.25, 0.3) is 0 Å². The molecule has 0 spiro atoms. The molecule has 0 radical (unpaired) electrons. The molecule has 0 bridgehead atoms. The summed E-state index contributed by atoms with van der Waals surface area (Å²) in [4.78, 5) is 0. The number of hydrogen-bond donors (Lipinski definition) is 0. The third-order valence-corrected chi connectivity index (χ3v) is 5.41. The van der Waals surface area contributed by atoms with Crippen molar-refractivity contribution in [2.45, 2.75) is 16.8 Å². The van der Waals surface area contributed by atoms with E-state index < -0.39 is 0 Å². The SMILES string of the molecule is CCC1(I)c2ccccc2-c2ccccc21. The fourth-order valence-electron chi connectivity index (χ4n) is 2.65. The molecule has 0 heterocycles. The van der Waals surface area contributed by atoms with E-state index in [0.29, 0.717) is 0 Å². The van der Waals surface area contributed by atoms with Crippen molar-refractivity contribution in [3.8, 4) is 11.1 Å². The number of hydrogen-bond acceptors (Lipinski definition) is 0. The van der Waals surface area contributed by atoms with Crippen molar-refractivity contribution in [1.82, 2.24) is 0 Å². The largest absolute Gasteiger partial charge is 0.0728 e. The smallest absolute Gasteiger partial charge is 0.0684 e. The van der Waals surface area contributed by atoms with Crippen LogP contribution in [0.2, 0.25) is 0 Å². The number of alkyl halides is 1. The zero-order valence-corrected chi connectivity index (χ0v) is 11.4. The summed E-state index contributed by atoms with van der Waals surface area (Å²) in [5, 5.41) is 0. The first-order valence-electron chi connectivity index (χ1n) is 5.65. The van der Waals surface area contributed by atoms with Crippen LogP contribution in [0, 0.1) is 0 Å². The zero-order chi connectivity index (χ0) is 11.2. The van der Waals surface area contributed by atoms with Gasteiger partial charge >= 0.3 is 0 Å². The second kappa shape index (κ2) is 3.59. The summed E-state index contributed by atoms with van der Waals surface area (Å²) in [6, 6.07) is 17.6. The molecule has 0 N–H and O–H groups in total. The quantitative estimate of drug-likeness (QED) is 0.525. The Hall–Kier alpha value is -0.830. The van der Waals surface area contributed by atoms with Crippen LogP contribution in [0.25, 0.3) is 11.1 Å².